The van der Waals surface area contributed by atoms with Crippen molar-refractivity contribution in [1.82, 2.24) is 19.9 Å². The van der Waals surface area contributed by atoms with Crippen LogP contribution in [0.1, 0.15) is 59.7 Å². The number of pyridine rings is 1. The molecule has 0 atom stereocenters. The van der Waals surface area contributed by atoms with E-state index in [0.29, 0.717) is 29.1 Å². The summed E-state index contributed by atoms with van der Waals surface area (Å²) in [6.07, 6.45) is 1.90. The van der Waals surface area contributed by atoms with Crippen molar-refractivity contribution in [2.45, 2.75) is 67.7 Å². The van der Waals surface area contributed by atoms with Gasteiger partial charge in [-0.2, -0.15) is 22.1 Å². The molecule has 0 aliphatic carbocycles. The van der Waals surface area contributed by atoms with E-state index in [2.05, 4.69) is 192 Å². The number of anilines is 7. The molecule has 11 rings (SSSR count). The first-order valence-electron chi connectivity index (χ1n) is 23.5. The van der Waals surface area contributed by atoms with E-state index in [1.54, 1.807) is 0 Å². The molecule has 0 saturated heterocycles. The minimum atomic E-state index is -0.0781. The number of rotatable bonds is 7. The molecule has 8 nitrogen and oxygen atoms in total. The Morgan fingerprint density at radius 2 is 1.06 bits per heavy atom. The number of hydrogen-bond donors (Lipinski definition) is 0. The van der Waals surface area contributed by atoms with Gasteiger partial charge < -0.3 is 19.4 Å². The summed E-state index contributed by atoms with van der Waals surface area (Å²) in [5.41, 5.74) is 18.9. The quantitative estimate of drug-likeness (QED) is 0.146. The van der Waals surface area contributed by atoms with Gasteiger partial charge in [0.05, 0.1) is 5.69 Å². The Hall–Kier alpha value is -7.41. The minimum Gasteiger partial charge on any atom is -0.509 e. The third-order valence-corrected chi connectivity index (χ3v) is 13.1. The fourth-order valence-corrected chi connectivity index (χ4v) is 10.1. The Kier molecular flexibility index (Phi) is 12.0. The summed E-state index contributed by atoms with van der Waals surface area (Å²) >= 11 is 0. The Labute approximate surface area is 426 Å². The van der Waals surface area contributed by atoms with Crippen molar-refractivity contribution in [2.24, 2.45) is 0 Å². The van der Waals surface area contributed by atoms with Crippen LogP contribution in [0.5, 0.6) is 11.5 Å². The van der Waals surface area contributed by atoms with E-state index in [0.717, 1.165) is 89.9 Å². The molecule has 4 heterocycles. The van der Waals surface area contributed by atoms with Gasteiger partial charge in [0.25, 0.3) is 0 Å². The summed E-state index contributed by atoms with van der Waals surface area (Å²) in [6, 6.07) is 55.9. The first-order chi connectivity index (χ1) is 33.3. The van der Waals surface area contributed by atoms with Crippen molar-refractivity contribution < 1.29 is 25.8 Å². The van der Waals surface area contributed by atoms with Crippen LogP contribution in [0.3, 0.4) is 0 Å². The van der Waals surface area contributed by atoms with Crippen LogP contribution in [0.25, 0.3) is 45.0 Å². The number of nitrogens with zero attached hydrogens (tertiary/aromatic N) is 7. The smallest absolute Gasteiger partial charge is 0.205 e. The van der Waals surface area contributed by atoms with Gasteiger partial charge in [-0.25, -0.2) is 9.97 Å². The molecule has 9 heteroatoms. The molecule has 0 saturated carbocycles. The topological polar surface area (TPSA) is 70.5 Å². The van der Waals surface area contributed by atoms with Crippen LogP contribution in [0, 0.1) is 60.3 Å². The molecular formula is C61H52N7OPt-3. The monoisotopic (exact) mass is 1090 g/mol. The van der Waals surface area contributed by atoms with Crippen molar-refractivity contribution in [1.29, 1.82) is 0 Å². The van der Waals surface area contributed by atoms with Crippen LogP contribution < -0.4 is 19.4 Å². The van der Waals surface area contributed by atoms with Crippen molar-refractivity contribution in [3.05, 3.63) is 203 Å². The molecular weight excluding hydrogens is 1040 g/mol. The molecule has 2 aromatic heterocycles. The standard InChI is InChI=1S/C61H52N7O.Pt/c1-37-29-39(3)56(40(4)30-37)58-63-59(57-41(5)31-38(2)32-42(57)6)65-60(64-58)67-36-66(52-23-14-15-24-53(52)67)44-17-16-18-45(34-44)69-46-25-26-50-48-20-11-10-19-47(48)49-21-12-13-22-51(49)68(54(50)35-46)55-33-43(27-28-62-55)61(7,8)9;/h10-33,36H,1-9H3;/q-3;. The molecule has 0 amide bonds. The Bertz CT molecular complexity index is 3380. The predicted octanol–water partition coefficient (Wildman–Crippen LogP) is 15.7. The number of hydrogen-bond acceptors (Lipinski definition) is 8. The van der Waals surface area contributed by atoms with Gasteiger partial charge in [0.2, 0.25) is 5.95 Å². The summed E-state index contributed by atoms with van der Waals surface area (Å²) < 4.78 is 6.77. The molecule has 0 unspecified atom stereocenters. The zero-order chi connectivity index (χ0) is 47.7. The second-order valence-electron chi connectivity index (χ2n) is 19.3. The van der Waals surface area contributed by atoms with E-state index >= 15 is 0 Å². The van der Waals surface area contributed by atoms with E-state index in [4.69, 9.17) is 24.7 Å². The molecule has 9 aromatic rings. The van der Waals surface area contributed by atoms with E-state index in [9.17, 15) is 0 Å². The largest absolute Gasteiger partial charge is 0.509 e. The average molecular weight is 1090 g/mol. The van der Waals surface area contributed by atoms with Crippen molar-refractivity contribution in [2.75, 3.05) is 14.7 Å². The third-order valence-electron chi connectivity index (χ3n) is 13.1. The molecule has 0 fully saturated rings. The van der Waals surface area contributed by atoms with Gasteiger partial charge >= 0.3 is 0 Å². The Balaban J connectivity index is 0.00000567. The minimum absolute atomic E-state index is 0. The molecule has 7 aromatic carbocycles. The van der Waals surface area contributed by atoms with Crippen molar-refractivity contribution in [3.8, 4) is 56.5 Å². The molecule has 350 valence electrons. The fraction of sp³-hybridized carbons (Fsp3) is 0.164. The molecule has 2 aliphatic heterocycles. The van der Waals surface area contributed by atoms with Gasteiger partial charge in [-0.15, -0.1) is 48.3 Å². The number of ether oxygens (including phenoxy) is 1. The summed E-state index contributed by atoms with van der Waals surface area (Å²) in [6.45, 7) is 21.5. The number of fused-ring (bicyclic) bond motifs is 6. The number of aromatic nitrogens is 4. The van der Waals surface area contributed by atoms with E-state index in [1.165, 1.54) is 16.7 Å². The fourth-order valence-electron chi connectivity index (χ4n) is 10.1. The molecule has 0 N–H and O–H groups in total. The number of benzene rings is 7. The molecule has 0 spiro atoms. The van der Waals surface area contributed by atoms with E-state index in [1.807, 2.05) is 49.3 Å². The maximum atomic E-state index is 6.77. The van der Waals surface area contributed by atoms with Gasteiger partial charge in [0.15, 0.2) is 11.6 Å². The molecule has 70 heavy (non-hydrogen) atoms. The van der Waals surface area contributed by atoms with Crippen LogP contribution in [-0.4, -0.2) is 19.9 Å². The Morgan fingerprint density at radius 3 is 1.67 bits per heavy atom. The van der Waals surface area contributed by atoms with Crippen molar-refractivity contribution in [3.63, 3.8) is 0 Å². The van der Waals surface area contributed by atoms with Gasteiger partial charge in [0, 0.05) is 66.8 Å². The molecule has 2 aliphatic rings. The second kappa shape index (κ2) is 18.2. The normalized spacial score (nSPS) is 12.7. The number of para-hydroxylation sites is 3. The van der Waals surface area contributed by atoms with Crippen LogP contribution >= 0.6 is 0 Å². The average Bonchev–Trinajstić information content (AvgIpc) is 3.66. The van der Waals surface area contributed by atoms with Gasteiger partial charge in [-0.1, -0.05) is 122 Å². The van der Waals surface area contributed by atoms with Crippen molar-refractivity contribution >= 4 is 40.2 Å². The van der Waals surface area contributed by atoms with Crippen LogP contribution in [0.4, 0.5) is 40.2 Å². The van der Waals surface area contributed by atoms with Gasteiger partial charge in [0.1, 0.15) is 5.82 Å². The predicted molar refractivity (Wildman–Crippen MR) is 280 cm³/mol. The van der Waals surface area contributed by atoms with E-state index < -0.39 is 0 Å². The van der Waals surface area contributed by atoms with Gasteiger partial charge in [-0.05, 0) is 111 Å². The Morgan fingerprint density at radius 1 is 0.514 bits per heavy atom. The second-order valence-corrected chi connectivity index (χ2v) is 19.3. The first kappa shape index (κ1) is 46.3. The van der Waals surface area contributed by atoms with Gasteiger partial charge in [-0.3, -0.25) is 0 Å². The SMILES string of the molecule is Cc1cc(C)c(-c2nc(-c3c(C)cc(C)cc3C)nc(N3[CH-]N(c4[c-]c(Oc5[c-]c6c(cc5)-c5ccccc5-c5ccccc5N6c5cc(C(C)(C)C)ccn5)ccc4)c4ccccc43)n2)c(C)c1.[Pt]. The van der Waals surface area contributed by atoms with Crippen LogP contribution in [-0.2, 0) is 26.5 Å². The van der Waals surface area contributed by atoms with Crippen LogP contribution in [0.15, 0.2) is 146 Å². The number of aryl methyl sites for hydroxylation is 6. The summed E-state index contributed by atoms with van der Waals surface area (Å²) in [5.74, 6) is 3.70. The zero-order valence-corrected chi connectivity index (χ0v) is 43.1. The molecule has 0 bridgehead atoms. The zero-order valence-electron chi connectivity index (χ0n) is 40.8. The molecule has 0 radical (unpaired) electrons. The summed E-state index contributed by atoms with van der Waals surface area (Å²) in [7, 11) is 0. The van der Waals surface area contributed by atoms with Crippen LogP contribution in [0.2, 0.25) is 0 Å². The first-order valence-corrected chi connectivity index (χ1v) is 23.5. The maximum Gasteiger partial charge on any atom is 0.205 e. The third kappa shape index (κ3) is 8.34. The maximum absolute atomic E-state index is 6.77. The summed E-state index contributed by atoms with van der Waals surface area (Å²) in [5, 5.41) is 0. The van der Waals surface area contributed by atoms with E-state index in [-0.39, 0.29) is 26.5 Å². The summed E-state index contributed by atoms with van der Waals surface area (Å²) in [4.78, 5) is 27.1.